The van der Waals surface area contributed by atoms with E-state index in [4.69, 9.17) is 21.9 Å². The summed E-state index contributed by atoms with van der Waals surface area (Å²) in [7, 11) is 1.66. The van der Waals surface area contributed by atoms with Crippen LogP contribution < -0.4 is 0 Å². The van der Waals surface area contributed by atoms with Crippen molar-refractivity contribution < 1.29 is 15.2 Å². The van der Waals surface area contributed by atoms with Gasteiger partial charge in [0.1, 0.15) is 6.07 Å². The molecule has 0 unspecified atom stereocenters. The number of alkyl halides is 1. The average molecular weight is 199 g/mol. The quantitative estimate of drug-likeness (QED) is 0.353. The Morgan fingerprint density at radius 1 is 1.42 bits per heavy atom. The molecule has 2 N–H and O–H groups in total. The van der Waals surface area contributed by atoms with Crippen molar-refractivity contribution in [2.24, 2.45) is 0 Å². The highest BCUT2D eigenvalue weighted by molar-refractivity contribution is 6.17. The minimum absolute atomic E-state index is 0.0964. The lowest BCUT2D eigenvalue weighted by Gasteiger charge is -2.23. The van der Waals surface area contributed by atoms with Crippen LogP contribution in [0.25, 0.3) is 0 Å². The van der Waals surface area contributed by atoms with E-state index in [2.05, 4.69) is 4.84 Å². The van der Waals surface area contributed by atoms with Crippen LogP contribution in [0.4, 0.5) is 0 Å². The normalized spacial score (nSPS) is 11.5. The number of hydrazine groups is 1. The van der Waals surface area contributed by atoms with E-state index in [-0.39, 0.29) is 12.7 Å². The number of unbranched alkanes of at least 4 members (excludes halogenated alkanes) is 1. The Labute approximate surface area is 77.0 Å². The maximum Gasteiger partial charge on any atom is 0.146 e. The third-order valence-corrected chi connectivity index (χ3v) is 1.44. The molecule has 0 aromatic carbocycles. The highest BCUT2D eigenvalue weighted by atomic mass is 35.5. The Kier molecular flexibility index (Phi) is 7.78. The van der Waals surface area contributed by atoms with E-state index >= 15 is 0 Å². The van der Waals surface area contributed by atoms with Crippen LogP contribution in [-0.2, 0) is 4.84 Å². The molecule has 5 nitrogen and oxygen atoms in total. The molecule has 0 aromatic rings. The first-order valence-corrected chi connectivity index (χ1v) is 4.25. The van der Waals surface area contributed by atoms with E-state index < -0.39 is 0 Å². The van der Waals surface area contributed by atoms with Gasteiger partial charge in [-0.1, -0.05) is 11.6 Å². The van der Waals surface area contributed by atoms with Crippen molar-refractivity contribution in [2.45, 2.75) is 12.8 Å². The van der Waals surface area contributed by atoms with E-state index in [0.29, 0.717) is 18.3 Å². The third kappa shape index (κ3) is 5.70. The van der Waals surface area contributed by atoms with Crippen LogP contribution in [0.1, 0.15) is 12.8 Å². The van der Waals surface area contributed by atoms with Gasteiger partial charge in [0.2, 0.25) is 0 Å². The van der Waals surface area contributed by atoms with E-state index in [1.54, 1.807) is 7.05 Å². The molecule has 0 atom stereocenters. The van der Waals surface area contributed by atoms with Gasteiger partial charge in [0.15, 0.2) is 0 Å². The molecule has 74 valence electrons. The van der Waals surface area contributed by atoms with Crippen molar-refractivity contribution in [1.29, 1.82) is 0 Å². The molecule has 0 aromatic heterocycles. The molecule has 0 heterocycles. The van der Waals surface area contributed by atoms with Gasteiger partial charge < -0.3 is 5.11 Å². The van der Waals surface area contributed by atoms with Crippen molar-refractivity contribution in [2.75, 3.05) is 26.3 Å². The van der Waals surface area contributed by atoms with Crippen LogP contribution in [0.3, 0.4) is 0 Å². The van der Waals surface area contributed by atoms with E-state index in [1.165, 1.54) is 5.01 Å². The van der Waals surface area contributed by atoms with Gasteiger partial charge in [-0.2, -0.15) is 5.01 Å². The van der Waals surface area contributed by atoms with Crippen LogP contribution in [0.2, 0.25) is 0 Å². The molecule has 0 aliphatic rings. The first-order chi connectivity index (χ1) is 5.72. The zero-order valence-corrected chi connectivity index (χ0v) is 7.87. The minimum Gasteiger partial charge on any atom is -0.396 e. The molecule has 0 amide bonds. The van der Waals surface area contributed by atoms with Crippen molar-refractivity contribution in [1.82, 2.24) is 10.3 Å². The van der Waals surface area contributed by atoms with Gasteiger partial charge in [-0.25, -0.2) is 4.84 Å². The lowest BCUT2D eigenvalue weighted by atomic mass is 10.3. The number of rotatable bonds is 7. The highest BCUT2D eigenvalue weighted by Crippen LogP contribution is 1.96. The Balaban J connectivity index is 3.35. The number of hydrogen-bond donors (Lipinski definition) is 2. The maximum absolute atomic E-state index is 9.01. The fourth-order valence-electron chi connectivity index (χ4n) is 0.680. The second-order valence-corrected chi connectivity index (χ2v) is 2.52. The molecule has 0 aliphatic carbocycles. The molecule has 0 saturated heterocycles. The summed E-state index contributed by atoms with van der Waals surface area (Å²) >= 11 is 5.21. The van der Waals surface area contributed by atoms with Gasteiger partial charge in [-0.15, -0.1) is 0 Å². The first kappa shape index (κ1) is 12.1. The maximum atomic E-state index is 9.01. The average Bonchev–Trinajstić information content (AvgIpc) is 2.05. The van der Waals surface area contributed by atoms with E-state index in [0.717, 1.165) is 6.42 Å². The molecule has 0 fully saturated rings. The van der Waals surface area contributed by atoms with Crippen molar-refractivity contribution >= 4 is 11.6 Å². The van der Waals surface area contributed by atoms with E-state index in [9.17, 15) is 0 Å². The Morgan fingerprint density at radius 3 is 2.58 bits per heavy atom. The van der Waals surface area contributed by atoms with Crippen LogP contribution in [0.15, 0.2) is 0 Å². The number of aliphatic hydroxyl groups is 1. The fourth-order valence-corrected chi connectivity index (χ4v) is 0.767. The zero-order valence-electron chi connectivity index (χ0n) is 7.11. The topological polar surface area (TPSA) is 56.2 Å². The van der Waals surface area contributed by atoms with Gasteiger partial charge in [0.05, 0.1) is 0 Å². The second kappa shape index (κ2) is 7.72. The molecule has 0 aliphatic heterocycles. The molecule has 0 spiro atoms. The summed E-state index contributed by atoms with van der Waals surface area (Å²) in [5.41, 5.74) is 0. The van der Waals surface area contributed by atoms with Crippen LogP contribution in [-0.4, -0.2) is 46.9 Å². The summed E-state index contributed by atoms with van der Waals surface area (Å²) in [6, 6.07) is -0.0964. The first-order valence-electron chi connectivity index (χ1n) is 3.72. The standard InChI is InChI=1S/C6H15ClN2O3/c1-8(4-2-3-5-10)9(11)12-6-7/h10-11H,2-6H2,1H3. The van der Waals surface area contributed by atoms with Crippen LogP contribution in [0.5, 0.6) is 0 Å². The zero-order chi connectivity index (χ0) is 9.40. The Hall–Kier alpha value is 0.0900. The van der Waals surface area contributed by atoms with Gasteiger partial charge in [0.25, 0.3) is 0 Å². The van der Waals surface area contributed by atoms with Gasteiger partial charge >= 0.3 is 0 Å². The Bertz CT molecular complexity index is 107. The number of halogens is 1. The molecule has 0 bridgehead atoms. The summed E-state index contributed by atoms with van der Waals surface area (Å²) in [5, 5.41) is 19.5. The van der Waals surface area contributed by atoms with Gasteiger partial charge in [-0.3, -0.25) is 5.21 Å². The van der Waals surface area contributed by atoms with Crippen molar-refractivity contribution in [3.8, 4) is 0 Å². The predicted molar refractivity (Wildman–Crippen MR) is 44.4 cm³/mol. The Morgan fingerprint density at radius 2 is 2.08 bits per heavy atom. The largest absolute Gasteiger partial charge is 0.396 e. The number of nitrogens with zero attached hydrogens (tertiary/aromatic N) is 2. The van der Waals surface area contributed by atoms with Crippen molar-refractivity contribution in [3.63, 3.8) is 0 Å². The van der Waals surface area contributed by atoms with Gasteiger partial charge in [-0.05, 0) is 12.8 Å². The molecular formula is C6H15ClN2O3. The summed E-state index contributed by atoms with van der Waals surface area (Å²) in [4.78, 5) is 4.55. The molecule has 0 radical (unpaired) electrons. The summed E-state index contributed by atoms with van der Waals surface area (Å²) in [6.07, 6.45) is 1.49. The monoisotopic (exact) mass is 198 g/mol. The van der Waals surface area contributed by atoms with E-state index in [1.807, 2.05) is 0 Å². The SMILES string of the molecule is CN(CCCCO)N(O)OCCl. The summed E-state index contributed by atoms with van der Waals surface area (Å²) in [5.74, 6) is 0. The third-order valence-electron chi connectivity index (χ3n) is 1.35. The van der Waals surface area contributed by atoms with Crippen LogP contribution >= 0.6 is 11.6 Å². The molecule has 0 saturated carbocycles. The van der Waals surface area contributed by atoms with Crippen LogP contribution in [0, 0.1) is 0 Å². The minimum atomic E-state index is -0.0964. The highest BCUT2D eigenvalue weighted by Gasteiger charge is 2.06. The fraction of sp³-hybridized carbons (Fsp3) is 1.00. The number of hydrogen-bond acceptors (Lipinski definition) is 5. The lowest BCUT2D eigenvalue weighted by molar-refractivity contribution is -0.429. The molecule has 12 heavy (non-hydrogen) atoms. The smallest absolute Gasteiger partial charge is 0.146 e. The molecular weight excluding hydrogens is 184 g/mol. The molecule has 6 heteroatoms. The van der Waals surface area contributed by atoms with Crippen molar-refractivity contribution in [3.05, 3.63) is 0 Å². The molecule has 0 rings (SSSR count). The second-order valence-electron chi connectivity index (χ2n) is 2.30. The predicted octanol–water partition coefficient (Wildman–Crippen LogP) is 0.425. The lowest BCUT2D eigenvalue weighted by Crippen LogP contribution is -2.37. The summed E-state index contributed by atoms with van der Waals surface area (Å²) < 4.78 is 0. The summed E-state index contributed by atoms with van der Waals surface area (Å²) in [6.45, 7) is 0.767. The number of aliphatic hydroxyl groups excluding tert-OH is 1. The van der Waals surface area contributed by atoms with Gasteiger partial charge in [0, 0.05) is 25.5 Å².